The lowest BCUT2D eigenvalue weighted by molar-refractivity contribution is 0.298. The first-order valence-electron chi connectivity index (χ1n) is 3.87. The Bertz CT molecular complexity index is 110. The van der Waals surface area contributed by atoms with Crippen LogP contribution in [0.3, 0.4) is 0 Å². The molecule has 2 aliphatic heterocycles. The van der Waals surface area contributed by atoms with Crippen molar-refractivity contribution in [1.82, 2.24) is 16.0 Å². The predicted molar refractivity (Wildman–Crippen MR) is 39.2 cm³/mol. The highest BCUT2D eigenvalue weighted by atomic mass is 15.2. The van der Waals surface area contributed by atoms with Crippen LogP contribution in [0.15, 0.2) is 0 Å². The van der Waals surface area contributed by atoms with Gasteiger partial charge in [-0.3, -0.25) is 10.6 Å². The molecule has 0 atom stereocenters. The summed E-state index contributed by atoms with van der Waals surface area (Å²) < 4.78 is 0. The third kappa shape index (κ3) is 1.05. The Morgan fingerprint density at radius 3 is 2.60 bits per heavy atom. The highest BCUT2D eigenvalue weighted by Gasteiger charge is 2.34. The molecule has 2 rings (SSSR count). The molecule has 0 aliphatic carbocycles. The molecule has 2 saturated heterocycles. The average Bonchev–Trinajstić information content (AvgIpc) is 2.39. The van der Waals surface area contributed by atoms with Crippen molar-refractivity contribution in [2.75, 3.05) is 19.6 Å². The third-order valence-corrected chi connectivity index (χ3v) is 2.40. The molecule has 10 heavy (non-hydrogen) atoms. The Kier molecular flexibility index (Phi) is 1.64. The molecule has 0 aromatic carbocycles. The van der Waals surface area contributed by atoms with Gasteiger partial charge in [0.2, 0.25) is 0 Å². The summed E-state index contributed by atoms with van der Waals surface area (Å²) in [6, 6.07) is 0. The summed E-state index contributed by atoms with van der Waals surface area (Å²) in [6.07, 6.45) is 2.43. The second-order valence-electron chi connectivity index (χ2n) is 3.13. The zero-order chi connectivity index (χ0) is 6.86. The number of nitrogens with one attached hydrogen (secondary N) is 3. The summed E-state index contributed by atoms with van der Waals surface area (Å²) in [6.45, 7) is 6.28. The monoisotopic (exact) mass is 139 g/mol. The molecule has 0 amide bonds. The lowest BCUT2D eigenvalue weighted by Gasteiger charge is -2.32. The highest BCUT2D eigenvalue weighted by molar-refractivity contribution is 5.00. The van der Waals surface area contributed by atoms with E-state index in [2.05, 4.69) is 22.6 Å². The fourth-order valence-corrected chi connectivity index (χ4v) is 1.64. The van der Waals surface area contributed by atoms with E-state index in [1.807, 2.05) is 0 Å². The van der Waals surface area contributed by atoms with Crippen molar-refractivity contribution in [3.8, 4) is 0 Å². The smallest absolute Gasteiger partial charge is 0.141 e. The zero-order valence-corrected chi connectivity index (χ0v) is 6.04. The van der Waals surface area contributed by atoms with Crippen LogP contribution in [0.2, 0.25) is 0 Å². The van der Waals surface area contributed by atoms with E-state index in [9.17, 15) is 0 Å². The molecule has 3 nitrogen and oxygen atoms in total. The zero-order valence-electron chi connectivity index (χ0n) is 6.04. The molecule has 2 aliphatic rings. The first-order valence-corrected chi connectivity index (χ1v) is 3.87. The molecule has 0 aromatic heterocycles. The van der Waals surface area contributed by atoms with Gasteiger partial charge in [-0.15, -0.1) is 0 Å². The molecule has 0 bridgehead atoms. The van der Waals surface area contributed by atoms with Crippen molar-refractivity contribution in [2.24, 2.45) is 0 Å². The van der Waals surface area contributed by atoms with Crippen molar-refractivity contribution in [2.45, 2.75) is 18.4 Å². The fourth-order valence-electron chi connectivity index (χ4n) is 1.64. The first-order chi connectivity index (χ1) is 4.91. The van der Waals surface area contributed by atoms with Gasteiger partial charge in [0, 0.05) is 12.1 Å². The van der Waals surface area contributed by atoms with Gasteiger partial charge in [-0.2, -0.15) is 0 Å². The second kappa shape index (κ2) is 2.49. The van der Waals surface area contributed by atoms with Gasteiger partial charge in [-0.1, -0.05) is 0 Å². The minimum Gasteiger partial charge on any atom is -0.317 e. The standard InChI is InChI=1S/C7H13N3/c1-3-8-4-2-7(1)5-9-6-10-7/h8-10H,1-5H2. The van der Waals surface area contributed by atoms with Crippen LogP contribution < -0.4 is 16.0 Å². The Labute approximate surface area is 61.6 Å². The molecule has 0 unspecified atom stereocenters. The largest absolute Gasteiger partial charge is 0.317 e. The molecule has 3 heteroatoms. The minimum atomic E-state index is 0.339. The highest BCUT2D eigenvalue weighted by Crippen LogP contribution is 2.20. The Balaban J connectivity index is 1.98. The third-order valence-electron chi connectivity index (χ3n) is 2.40. The van der Waals surface area contributed by atoms with Crippen LogP contribution in [0.4, 0.5) is 0 Å². The molecular weight excluding hydrogens is 126 g/mol. The summed E-state index contributed by atoms with van der Waals surface area (Å²) in [7, 11) is 0. The Hall–Kier alpha value is -0.120. The maximum Gasteiger partial charge on any atom is 0.141 e. The Morgan fingerprint density at radius 1 is 1.20 bits per heavy atom. The first kappa shape index (κ1) is 6.58. The lowest BCUT2D eigenvalue weighted by Crippen LogP contribution is -2.50. The van der Waals surface area contributed by atoms with Gasteiger partial charge in [0.05, 0.1) is 0 Å². The van der Waals surface area contributed by atoms with E-state index < -0.39 is 0 Å². The van der Waals surface area contributed by atoms with Crippen molar-refractivity contribution >= 4 is 0 Å². The molecular formula is C7H13N3. The summed E-state index contributed by atoms with van der Waals surface area (Å²) in [5, 5.41) is 9.71. The van der Waals surface area contributed by atoms with Crippen LogP contribution in [0.1, 0.15) is 12.8 Å². The Morgan fingerprint density at radius 2 is 2.00 bits per heavy atom. The van der Waals surface area contributed by atoms with Gasteiger partial charge in [-0.05, 0) is 25.9 Å². The summed E-state index contributed by atoms with van der Waals surface area (Å²) in [5.41, 5.74) is 0.339. The van der Waals surface area contributed by atoms with Crippen LogP contribution in [-0.4, -0.2) is 25.2 Å². The maximum atomic E-state index is 3.34. The van der Waals surface area contributed by atoms with E-state index >= 15 is 0 Å². The summed E-state index contributed by atoms with van der Waals surface area (Å²) in [5.74, 6) is 0. The maximum absolute atomic E-state index is 3.34. The molecule has 2 radical (unpaired) electrons. The summed E-state index contributed by atoms with van der Waals surface area (Å²) >= 11 is 0. The molecule has 1 spiro atoms. The normalized spacial score (nSPS) is 31.2. The quantitative estimate of drug-likeness (QED) is 0.415. The van der Waals surface area contributed by atoms with Gasteiger partial charge in [0.25, 0.3) is 0 Å². The number of rotatable bonds is 0. The van der Waals surface area contributed by atoms with E-state index in [1.165, 1.54) is 12.8 Å². The molecule has 2 heterocycles. The van der Waals surface area contributed by atoms with Crippen molar-refractivity contribution in [3.63, 3.8) is 0 Å². The van der Waals surface area contributed by atoms with Crippen LogP contribution in [0.25, 0.3) is 0 Å². The van der Waals surface area contributed by atoms with Crippen LogP contribution in [-0.2, 0) is 0 Å². The van der Waals surface area contributed by atoms with Gasteiger partial charge in [0.15, 0.2) is 0 Å². The van der Waals surface area contributed by atoms with E-state index in [-0.39, 0.29) is 0 Å². The number of piperidine rings is 1. The second-order valence-corrected chi connectivity index (χ2v) is 3.13. The molecule has 2 fully saturated rings. The van der Waals surface area contributed by atoms with E-state index in [1.54, 1.807) is 0 Å². The van der Waals surface area contributed by atoms with Crippen LogP contribution in [0.5, 0.6) is 0 Å². The molecule has 56 valence electrons. The average molecular weight is 139 g/mol. The van der Waals surface area contributed by atoms with Crippen molar-refractivity contribution in [1.29, 1.82) is 0 Å². The van der Waals surface area contributed by atoms with E-state index in [0.29, 0.717) is 5.54 Å². The van der Waals surface area contributed by atoms with Crippen LogP contribution in [0, 0.1) is 6.67 Å². The summed E-state index contributed by atoms with van der Waals surface area (Å²) in [4.78, 5) is 0. The fraction of sp³-hybridized carbons (Fsp3) is 0.857. The van der Waals surface area contributed by atoms with E-state index in [0.717, 1.165) is 19.6 Å². The van der Waals surface area contributed by atoms with Gasteiger partial charge >= 0.3 is 0 Å². The number of hydrogen-bond donors (Lipinski definition) is 3. The predicted octanol–water partition coefficient (Wildman–Crippen LogP) is -0.702. The molecule has 3 N–H and O–H groups in total. The topological polar surface area (TPSA) is 36.1 Å². The van der Waals surface area contributed by atoms with Gasteiger partial charge in [-0.25, -0.2) is 0 Å². The van der Waals surface area contributed by atoms with Gasteiger partial charge < -0.3 is 5.32 Å². The lowest BCUT2D eigenvalue weighted by atomic mass is 9.90. The number of hydrogen-bond acceptors (Lipinski definition) is 3. The van der Waals surface area contributed by atoms with Crippen LogP contribution >= 0.6 is 0 Å². The van der Waals surface area contributed by atoms with Gasteiger partial charge in [0.1, 0.15) is 6.67 Å². The van der Waals surface area contributed by atoms with Crippen molar-refractivity contribution < 1.29 is 0 Å². The molecule has 0 aromatic rings. The van der Waals surface area contributed by atoms with Crippen molar-refractivity contribution in [3.05, 3.63) is 6.67 Å². The minimum absolute atomic E-state index is 0.339. The SMILES string of the molecule is [C]1NCC2(CCNCC2)N1. The van der Waals surface area contributed by atoms with E-state index in [4.69, 9.17) is 0 Å². The molecule has 0 saturated carbocycles.